The zero-order chi connectivity index (χ0) is 23.0. The zero-order valence-corrected chi connectivity index (χ0v) is 17.5. The standard InChI is InChI=1S/C22H21F3N6O2/c1-2-13-6-7-18-29-30-19(31(18)10-13)14-4-3-5-15(8-14)27-21-26-9-17(22(23,24)25)20(28-21)33-16-11-32-12-16/h1,6-7,9-10,14-16H,3-5,8,11-12H2,(H,26,27,28)/t14-,15+/m0/s1. The Bertz CT molecular complexity index is 1200. The molecule has 2 atom stereocenters. The van der Waals surface area contributed by atoms with Crippen LogP contribution in [0.25, 0.3) is 5.65 Å². The van der Waals surface area contributed by atoms with Crippen molar-refractivity contribution in [2.45, 2.75) is 49.9 Å². The summed E-state index contributed by atoms with van der Waals surface area (Å²) in [6, 6.07) is 3.61. The third-order valence-electron chi connectivity index (χ3n) is 5.91. The normalized spacial score (nSPS) is 21.4. The second-order valence-corrected chi connectivity index (χ2v) is 8.24. The molecule has 8 nitrogen and oxygen atoms in total. The van der Waals surface area contributed by atoms with Gasteiger partial charge in [-0.2, -0.15) is 18.2 Å². The molecule has 0 spiro atoms. The smallest absolute Gasteiger partial charge is 0.423 e. The quantitative estimate of drug-likeness (QED) is 0.586. The number of hydrogen-bond acceptors (Lipinski definition) is 7. The Hall–Kier alpha value is -3.39. The highest BCUT2D eigenvalue weighted by Gasteiger charge is 2.38. The Morgan fingerprint density at radius 1 is 1.21 bits per heavy atom. The van der Waals surface area contributed by atoms with Crippen LogP contribution in [-0.4, -0.2) is 49.9 Å². The highest BCUT2D eigenvalue weighted by molar-refractivity contribution is 5.44. The summed E-state index contributed by atoms with van der Waals surface area (Å²) in [6.07, 6.45) is 6.44. The van der Waals surface area contributed by atoms with Gasteiger partial charge in [0.05, 0.1) is 13.2 Å². The Labute approximate surface area is 187 Å². The van der Waals surface area contributed by atoms with Crippen LogP contribution in [-0.2, 0) is 10.9 Å². The number of pyridine rings is 1. The van der Waals surface area contributed by atoms with E-state index >= 15 is 0 Å². The van der Waals surface area contributed by atoms with Gasteiger partial charge >= 0.3 is 6.18 Å². The minimum Gasteiger partial charge on any atom is -0.469 e. The first-order chi connectivity index (χ1) is 15.9. The second-order valence-electron chi connectivity index (χ2n) is 8.24. The maximum Gasteiger partial charge on any atom is 0.423 e. The van der Waals surface area contributed by atoms with Gasteiger partial charge in [-0.05, 0) is 31.4 Å². The molecule has 5 rings (SSSR count). The number of ether oxygens (including phenoxy) is 2. The average Bonchev–Trinajstić information content (AvgIpc) is 3.19. The fourth-order valence-electron chi connectivity index (χ4n) is 4.17. The van der Waals surface area contributed by atoms with E-state index in [1.165, 1.54) is 0 Å². The predicted molar refractivity (Wildman–Crippen MR) is 112 cm³/mol. The molecule has 2 fully saturated rings. The number of nitrogens with zero attached hydrogens (tertiary/aromatic N) is 5. The van der Waals surface area contributed by atoms with Crippen molar-refractivity contribution in [3.05, 3.63) is 41.5 Å². The number of alkyl halides is 3. The van der Waals surface area contributed by atoms with Gasteiger partial charge in [-0.25, -0.2) is 4.98 Å². The summed E-state index contributed by atoms with van der Waals surface area (Å²) in [5.41, 5.74) is 0.448. The number of nitrogens with one attached hydrogen (secondary N) is 1. The van der Waals surface area contributed by atoms with Gasteiger partial charge < -0.3 is 14.8 Å². The van der Waals surface area contributed by atoms with Gasteiger partial charge in [0.2, 0.25) is 11.8 Å². The van der Waals surface area contributed by atoms with Crippen molar-refractivity contribution in [2.75, 3.05) is 18.5 Å². The van der Waals surface area contributed by atoms with Crippen molar-refractivity contribution in [1.82, 2.24) is 24.6 Å². The molecule has 3 aromatic heterocycles. The summed E-state index contributed by atoms with van der Waals surface area (Å²) in [4.78, 5) is 7.94. The third kappa shape index (κ3) is 4.43. The van der Waals surface area contributed by atoms with E-state index in [0.29, 0.717) is 12.1 Å². The summed E-state index contributed by atoms with van der Waals surface area (Å²) in [6.45, 7) is 0.476. The first kappa shape index (κ1) is 21.5. The van der Waals surface area contributed by atoms with Gasteiger partial charge in [0.25, 0.3) is 0 Å². The van der Waals surface area contributed by atoms with E-state index in [-0.39, 0.29) is 31.1 Å². The number of halogens is 3. The molecule has 0 radical (unpaired) electrons. The molecule has 0 unspecified atom stereocenters. The van der Waals surface area contributed by atoms with E-state index in [1.54, 1.807) is 0 Å². The Morgan fingerprint density at radius 2 is 2.06 bits per heavy atom. The summed E-state index contributed by atoms with van der Waals surface area (Å²) < 4.78 is 52.4. The second kappa shape index (κ2) is 8.51. The van der Waals surface area contributed by atoms with Gasteiger partial charge in [0.1, 0.15) is 17.5 Å². The SMILES string of the molecule is C#Cc1ccc2nnc([C@H]3CCC[C@@H](Nc4ncc(C(F)(F)F)c(OC5COC5)n4)C3)n2c1. The fraction of sp³-hybridized carbons (Fsp3) is 0.455. The maximum atomic E-state index is 13.4. The minimum atomic E-state index is -4.61. The molecule has 1 aliphatic heterocycles. The van der Waals surface area contributed by atoms with Crippen LogP contribution in [0.4, 0.5) is 19.1 Å². The van der Waals surface area contributed by atoms with Crippen LogP contribution < -0.4 is 10.1 Å². The summed E-state index contributed by atoms with van der Waals surface area (Å²) in [5.74, 6) is 3.16. The Balaban J connectivity index is 1.34. The van der Waals surface area contributed by atoms with E-state index in [4.69, 9.17) is 15.9 Å². The molecule has 1 saturated heterocycles. The number of terminal acetylenes is 1. The van der Waals surface area contributed by atoms with Gasteiger partial charge in [-0.3, -0.25) is 4.40 Å². The molecule has 172 valence electrons. The van der Waals surface area contributed by atoms with Crippen molar-refractivity contribution >= 4 is 11.6 Å². The zero-order valence-electron chi connectivity index (χ0n) is 17.5. The molecule has 11 heteroatoms. The lowest BCUT2D eigenvalue weighted by Gasteiger charge is -2.29. The van der Waals surface area contributed by atoms with Crippen LogP contribution >= 0.6 is 0 Å². The van der Waals surface area contributed by atoms with Gasteiger partial charge in [-0.15, -0.1) is 16.6 Å². The molecule has 3 aromatic rings. The minimum absolute atomic E-state index is 0.0384. The molecule has 2 aliphatic rings. The maximum absolute atomic E-state index is 13.4. The number of aromatic nitrogens is 5. The monoisotopic (exact) mass is 458 g/mol. The molecular formula is C22H21F3N6O2. The molecule has 33 heavy (non-hydrogen) atoms. The lowest BCUT2D eigenvalue weighted by molar-refractivity contribution is -0.142. The van der Waals surface area contributed by atoms with Crippen molar-refractivity contribution in [3.63, 3.8) is 0 Å². The molecular weight excluding hydrogens is 437 g/mol. The highest BCUT2D eigenvalue weighted by Crippen LogP contribution is 2.37. The molecule has 0 aromatic carbocycles. The van der Waals surface area contributed by atoms with Crippen LogP contribution in [0.1, 0.15) is 48.6 Å². The van der Waals surface area contributed by atoms with Crippen LogP contribution in [0, 0.1) is 12.3 Å². The lowest BCUT2D eigenvalue weighted by Crippen LogP contribution is -2.39. The molecule has 4 heterocycles. The van der Waals surface area contributed by atoms with Gasteiger partial charge in [0, 0.05) is 29.9 Å². The van der Waals surface area contributed by atoms with Crippen LogP contribution in [0.3, 0.4) is 0 Å². The van der Waals surface area contributed by atoms with Crippen molar-refractivity contribution in [1.29, 1.82) is 0 Å². The summed E-state index contributed by atoms with van der Waals surface area (Å²) >= 11 is 0. The van der Waals surface area contributed by atoms with E-state index in [2.05, 4.69) is 31.4 Å². The molecule has 1 saturated carbocycles. The van der Waals surface area contributed by atoms with Crippen molar-refractivity contribution in [3.8, 4) is 18.2 Å². The third-order valence-corrected chi connectivity index (χ3v) is 5.91. The molecule has 0 bridgehead atoms. The highest BCUT2D eigenvalue weighted by atomic mass is 19.4. The van der Waals surface area contributed by atoms with E-state index in [9.17, 15) is 13.2 Å². The number of hydrogen-bond donors (Lipinski definition) is 1. The average molecular weight is 458 g/mol. The summed E-state index contributed by atoms with van der Waals surface area (Å²) in [5, 5.41) is 11.8. The Morgan fingerprint density at radius 3 is 2.79 bits per heavy atom. The Kier molecular flexibility index (Phi) is 5.54. The van der Waals surface area contributed by atoms with Crippen LogP contribution in [0.15, 0.2) is 24.5 Å². The summed E-state index contributed by atoms with van der Waals surface area (Å²) in [7, 11) is 0. The molecule has 1 N–H and O–H groups in total. The van der Waals surface area contributed by atoms with Crippen LogP contribution in [0.5, 0.6) is 5.88 Å². The first-order valence-corrected chi connectivity index (χ1v) is 10.7. The number of anilines is 1. The van der Waals surface area contributed by atoms with E-state index in [1.807, 2.05) is 22.7 Å². The fourth-order valence-corrected chi connectivity index (χ4v) is 4.17. The van der Waals surface area contributed by atoms with E-state index in [0.717, 1.165) is 36.8 Å². The van der Waals surface area contributed by atoms with E-state index < -0.39 is 23.7 Å². The molecule has 1 aliphatic carbocycles. The molecule has 0 amide bonds. The van der Waals surface area contributed by atoms with Crippen molar-refractivity contribution < 1.29 is 22.6 Å². The number of fused-ring (bicyclic) bond motifs is 1. The number of rotatable bonds is 5. The van der Waals surface area contributed by atoms with Gasteiger partial charge in [0.15, 0.2) is 5.65 Å². The topological polar surface area (TPSA) is 86.5 Å². The van der Waals surface area contributed by atoms with Crippen LogP contribution in [0.2, 0.25) is 0 Å². The predicted octanol–water partition coefficient (Wildman–Crippen LogP) is 3.44. The lowest BCUT2D eigenvalue weighted by atomic mass is 9.85. The van der Waals surface area contributed by atoms with Gasteiger partial charge in [-0.1, -0.05) is 12.3 Å². The first-order valence-electron chi connectivity index (χ1n) is 10.7. The largest absolute Gasteiger partial charge is 0.469 e. The van der Waals surface area contributed by atoms with Crippen molar-refractivity contribution in [2.24, 2.45) is 0 Å².